The maximum atomic E-state index is 14.1. The number of morpholine rings is 1. The van der Waals surface area contributed by atoms with Crippen LogP contribution in [0.4, 0.5) is 8.78 Å². The highest BCUT2D eigenvalue weighted by molar-refractivity contribution is 5.94. The largest absolute Gasteiger partial charge is 0.493 e. The number of amides is 2. The third kappa shape index (κ3) is 5.50. The minimum Gasteiger partial charge on any atom is -0.493 e. The third-order valence-corrected chi connectivity index (χ3v) is 6.47. The third-order valence-electron chi connectivity index (χ3n) is 6.47. The number of hydrogen-bond donors (Lipinski definition) is 0. The van der Waals surface area contributed by atoms with E-state index in [9.17, 15) is 18.4 Å². The molecule has 0 saturated carbocycles. The predicted molar refractivity (Wildman–Crippen MR) is 118 cm³/mol. The number of benzene rings is 2. The van der Waals surface area contributed by atoms with Crippen LogP contribution in [0.1, 0.15) is 29.6 Å². The van der Waals surface area contributed by atoms with Crippen molar-refractivity contribution in [2.75, 3.05) is 46.0 Å². The maximum absolute atomic E-state index is 14.1. The first-order valence-electron chi connectivity index (χ1n) is 11.2. The second kappa shape index (κ2) is 10.3. The quantitative estimate of drug-likeness (QED) is 0.665. The van der Waals surface area contributed by atoms with Crippen LogP contribution >= 0.6 is 0 Å². The van der Waals surface area contributed by atoms with E-state index >= 15 is 0 Å². The summed E-state index contributed by atoms with van der Waals surface area (Å²) in [6, 6.07) is 12.8. The number of piperidine rings is 1. The second-order valence-electron chi connectivity index (χ2n) is 8.66. The minimum atomic E-state index is -0.869. The maximum Gasteiger partial charge on any atom is 0.259 e. The predicted octanol–water partition coefficient (Wildman–Crippen LogP) is 3.52. The Morgan fingerprint density at radius 3 is 2.15 bits per heavy atom. The lowest BCUT2D eigenvalue weighted by Crippen LogP contribution is -2.49. The number of halogens is 2. The van der Waals surface area contributed by atoms with Gasteiger partial charge in [-0.3, -0.25) is 9.59 Å². The van der Waals surface area contributed by atoms with Crippen molar-refractivity contribution in [3.05, 3.63) is 65.7 Å². The first-order chi connectivity index (χ1) is 16.0. The minimum absolute atomic E-state index is 0.0369. The SMILES string of the molecule is O=C(CC1(COc2ccccc2)CCN(C(=O)c2c(F)cccc2F)CC1)N1CCOCC1. The van der Waals surface area contributed by atoms with Crippen molar-refractivity contribution in [1.82, 2.24) is 9.80 Å². The molecule has 0 atom stereocenters. The number of carbonyl (C=O) groups is 2. The number of likely N-dealkylation sites (tertiary alicyclic amines) is 1. The second-order valence-corrected chi connectivity index (χ2v) is 8.66. The summed E-state index contributed by atoms with van der Waals surface area (Å²) in [6.07, 6.45) is 1.28. The van der Waals surface area contributed by atoms with E-state index in [0.717, 1.165) is 12.1 Å². The summed E-state index contributed by atoms with van der Waals surface area (Å²) in [7, 11) is 0. The smallest absolute Gasteiger partial charge is 0.259 e. The Kier molecular flexibility index (Phi) is 7.23. The van der Waals surface area contributed by atoms with E-state index in [0.29, 0.717) is 64.6 Å². The Bertz CT molecular complexity index is 951. The number of nitrogens with zero attached hydrogens (tertiary/aromatic N) is 2. The Labute approximate surface area is 192 Å². The highest BCUT2D eigenvalue weighted by Crippen LogP contribution is 2.37. The molecule has 2 fully saturated rings. The molecular formula is C25H28F2N2O4. The zero-order chi connectivity index (χ0) is 23.3. The van der Waals surface area contributed by atoms with E-state index in [2.05, 4.69) is 0 Å². The monoisotopic (exact) mass is 458 g/mol. The molecule has 2 amide bonds. The Morgan fingerprint density at radius 1 is 0.879 bits per heavy atom. The fourth-order valence-corrected chi connectivity index (χ4v) is 4.42. The van der Waals surface area contributed by atoms with E-state index < -0.39 is 28.5 Å². The standard InChI is InChI=1S/C25H28F2N2O4/c26-20-7-4-8-21(27)23(20)24(31)29-11-9-25(10-12-29,18-33-19-5-2-1-3-6-19)17-22(30)28-13-15-32-16-14-28/h1-8H,9-18H2. The molecule has 176 valence electrons. The number of carbonyl (C=O) groups excluding carboxylic acids is 2. The number of hydrogen-bond acceptors (Lipinski definition) is 4. The van der Waals surface area contributed by atoms with Gasteiger partial charge in [-0.2, -0.15) is 0 Å². The van der Waals surface area contributed by atoms with E-state index in [1.807, 2.05) is 30.3 Å². The Balaban J connectivity index is 1.47. The molecule has 2 aromatic rings. The van der Waals surface area contributed by atoms with Crippen LogP contribution < -0.4 is 4.74 Å². The van der Waals surface area contributed by atoms with Crippen molar-refractivity contribution >= 4 is 11.8 Å². The summed E-state index contributed by atoms with van der Waals surface area (Å²) in [5.41, 5.74) is -1.01. The van der Waals surface area contributed by atoms with Gasteiger partial charge in [0.1, 0.15) is 22.9 Å². The summed E-state index contributed by atoms with van der Waals surface area (Å²) < 4.78 is 39.6. The van der Waals surface area contributed by atoms with E-state index in [1.165, 1.54) is 11.0 Å². The van der Waals surface area contributed by atoms with Gasteiger partial charge in [-0.1, -0.05) is 24.3 Å². The molecule has 2 heterocycles. The molecule has 0 bridgehead atoms. The highest BCUT2D eigenvalue weighted by atomic mass is 19.1. The van der Waals surface area contributed by atoms with Crippen LogP contribution in [-0.2, 0) is 9.53 Å². The van der Waals surface area contributed by atoms with E-state index in [-0.39, 0.29) is 12.3 Å². The topological polar surface area (TPSA) is 59.1 Å². The fourth-order valence-electron chi connectivity index (χ4n) is 4.42. The molecule has 2 aliphatic rings. The molecule has 2 saturated heterocycles. The number of ether oxygens (including phenoxy) is 2. The lowest BCUT2D eigenvalue weighted by atomic mass is 9.75. The lowest BCUT2D eigenvalue weighted by Gasteiger charge is -2.42. The fraction of sp³-hybridized carbons (Fsp3) is 0.440. The van der Waals surface area contributed by atoms with Crippen molar-refractivity contribution in [2.45, 2.75) is 19.3 Å². The van der Waals surface area contributed by atoms with Gasteiger partial charge in [0.2, 0.25) is 5.91 Å². The van der Waals surface area contributed by atoms with Gasteiger partial charge in [-0.15, -0.1) is 0 Å². The normalized spacial score (nSPS) is 18.1. The molecule has 2 aliphatic heterocycles. The number of rotatable bonds is 6. The van der Waals surface area contributed by atoms with Gasteiger partial charge in [-0.05, 0) is 37.1 Å². The van der Waals surface area contributed by atoms with Crippen LogP contribution in [0.25, 0.3) is 0 Å². The average Bonchev–Trinajstić information content (AvgIpc) is 2.84. The zero-order valence-corrected chi connectivity index (χ0v) is 18.5. The molecule has 33 heavy (non-hydrogen) atoms. The molecule has 0 radical (unpaired) electrons. The van der Waals surface area contributed by atoms with Gasteiger partial charge in [0.15, 0.2) is 0 Å². The Hall–Kier alpha value is -3.00. The molecule has 0 aliphatic carbocycles. The van der Waals surface area contributed by atoms with Crippen LogP contribution in [0.5, 0.6) is 5.75 Å². The van der Waals surface area contributed by atoms with Gasteiger partial charge in [0.25, 0.3) is 5.91 Å². The first-order valence-corrected chi connectivity index (χ1v) is 11.2. The summed E-state index contributed by atoms with van der Waals surface area (Å²) in [4.78, 5) is 29.1. The molecule has 0 spiro atoms. The summed E-state index contributed by atoms with van der Waals surface area (Å²) >= 11 is 0. The van der Waals surface area contributed by atoms with E-state index in [4.69, 9.17) is 9.47 Å². The van der Waals surface area contributed by atoms with Gasteiger partial charge < -0.3 is 19.3 Å². The van der Waals surface area contributed by atoms with Crippen molar-refractivity contribution in [3.63, 3.8) is 0 Å². The van der Waals surface area contributed by atoms with E-state index in [1.54, 1.807) is 4.90 Å². The zero-order valence-electron chi connectivity index (χ0n) is 18.5. The number of para-hydroxylation sites is 1. The van der Waals surface area contributed by atoms with Crippen LogP contribution in [0.2, 0.25) is 0 Å². The van der Waals surface area contributed by atoms with Crippen molar-refractivity contribution in [1.29, 1.82) is 0 Å². The van der Waals surface area contributed by atoms with Crippen LogP contribution in [0, 0.1) is 17.0 Å². The van der Waals surface area contributed by atoms with Crippen molar-refractivity contribution in [3.8, 4) is 5.75 Å². The average molecular weight is 459 g/mol. The molecular weight excluding hydrogens is 430 g/mol. The highest BCUT2D eigenvalue weighted by Gasteiger charge is 2.40. The molecule has 6 nitrogen and oxygen atoms in total. The van der Waals surface area contributed by atoms with Crippen molar-refractivity contribution < 1.29 is 27.8 Å². The van der Waals surface area contributed by atoms with Gasteiger partial charge in [0.05, 0.1) is 19.8 Å². The van der Waals surface area contributed by atoms with Gasteiger partial charge in [-0.25, -0.2) is 8.78 Å². The summed E-state index contributed by atoms with van der Waals surface area (Å²) in [6.45, 7) is 3.08. The van der Waals surface area contributed by atoms with Crippen LogP contribution in [0.15, 0.2) is 48.5 Å². The molecule has 0 unspecified atom stereocenters. The molecule has 8 heteroatoms. The molecule has 2 aromatic carbocycles. The first kappa shape index (κ1) is 23.2. The van der Waals surface area contributed by atoms with Gasteiger partial charge >= 0.3 is 0 Å². The molecule has 4 rings (SSSR count). The molecule has 0 N–H and O–H groups in total. The summed E-state index contributed by atoms with van der Waals surface area (Å²) in [5.74, 6) is -1.65. The van der Waals surface area contributed by atoms with Crippen molar-refractivity contribution in [2.24, 2.45) is 5.41 Å². The van der Waals surface area contributed by atoms with Crippen LogP contribution in [0.3, 0.4) is 0 Å². The summed E-state index contributed by atoms with van der Waals surface area (Å²) in [5, 5.41) is 0. The van der Waals surface area contributed by atoms with Crippen LogP contribution in [-0.4, -0.2) is 67.6 Å². The molecule has 0 aromatic heterocycles. The van der Waals surface area contributed by atoms with Gasteiger partial charge in [0, 0.05) is 38.0 Å². The Morgan fingerprint density at radius 2 is 1.52 bits per heavy atom. The lowest BCUT2D eigenvalue weighted by molar-refractivity contribution is -0.139.